The van der Waals surface area contributed by atoms with Gasteiger partial charge in [-0.25, -0.2) is 21.2 Å². The number of hydrogen-bond acceptors (Lipinski definition) is 5. The first kappa shape index (κ1) is 23.2. The molecule has 1 aliphatic heterocycles. The van der Waals surface area contributed by atoms with E-state index in [1.165, 1.54) is 34.6 Å². The molecule has 8 nitrogen and oxygen atoms in total. The lowest BCUT2D eigenvalue weighted by atomic mass is 10.2. The lowest BCUT2D eigenvalue weighted by molar-refractivity contribution is 0.102. The second kappa shape index (κ2) is 9.33. The van der Waals surface area contributed by atoms with Crippen LogP contribution in [0.5, 0.6) is 0 Å². The summed E-state index contributed by atoms with van der Waals surface area (Å²) in [7, 11) is -7.44. The minimum absolute atomic E-state index is 0.00127. The summed E-state index contributed by atoms with van der Waals surface area (Å²) < 4.78 is 66.9. The zero-order valence-electron chi connectivity index (χ0n) is 17.0. The second-order valence-electron chi connectivity index (χ2n) is 7.21. The number of carbonyl (C=O) groups is 1. The van der Waals surface area contributed by atoms with Crippen molar-refractivity contribution in [2.24, 2.45) is 0 Å². The fourth-order valence-electron chi connectivity index (χ4n) is 3.23. The lowest BCUT2D eigenvalue weighted by Crippen LogP contribution is -2.29. The van der Waals surface area contributed by atoms with Crippen molar-refractivity contribution in [2.75, 3.05) is 28.9 Å². The molecule has 0 spiro atoms. The number of rotatable bonds is 8. The van der Waals surface area contributed by atoms with Crippen LogP contribution in [0.4, 0.5) is 15.8 Å². The molecular weight excluding hydrogens is 445 g/mol. The molecule has 0 unspecified atom stereocenters. The van der Waals surface area contributed by atoms with E-state index in [9.17, 15) is 26.0 Å². The van der Waals surface area contributed by atoms with Crippen LogP contribution in [0.2, 0.25) is 0 Å². The van der Waals surface area contributed by atoms with Gasteiger partial charge in [0, 0.05) is 30.0 Å². The molecule has 0 aromatic heterocycles. The highest BCUT2D eigenvalue weighted by molar-refractivity contribution is 7.92. The Bertz CT molecular complexity index is 1160. The van der Waals surface area contributed by atoms with Gasteiger partial charge in [-0.15, -0.1) is 0 Å². The number of hydrogen-bond donors (Lipinski definition) is 2. The molecule has 0 saturated carbocycles. The van der Waals surface area contributed by atoms with Gasteiger partial charge < -0.3 is 5.32 Å². The summed E-state index contributed by atoms with van der Waals surface area (Å²) >= 11 is 0. The highest BCUT2D eigenvalue weighted by atomic mass is 32.2. The van der Waals surface area contributed by atoms with Gasteiger partial charge in [-0.2, -0.15) is 4.31 Å². The Kier molecular flexibility index (Phi) is 6.97. The first-order chi connectivity index (χ1) is 14.6. The Morgan fingerprint density at radius 3 is 2.23 bits per heavy atom. The maximum absolute atomic E-state index is 14.2. The van der Waals surface area contributed by atoms with Crippen molar-refractivity contribution in [2.45, 2.75) is 31.1 Å². The topological polar surface area (TPSA) is 113 Å². The van der Waals surface area contributed by atoms with E-state index in [1.54, 1.807) is 6.92 Å². The van der Waals surface area contributed by atoms with E-state index in [-0.39, 0.29) is 11.3 Å². The van der Waals surface area contributed by atoms with Crippen LogP contribution in [-0.2, 0) is 20.0 Å². The first-order valence-electron chi connectivity index (χ1n) is 9.84. The maximum atomic E-state index is 14.2. The van der Waals surface area contributed by atoms with Crippen molar-refractivity contribution in [3.05, 3.63) is 53.8 Å². The number of anilines is 2. The maximum Gasteiger partial charge on any atom is 0.255 e. The van der Waals surface area contributed by atoms with E-state index >= 15 is 0 Å². The van der Waals surface area contributed by atoms with Crippen LogP contribution < -0.4 is 10.0 Å². The van der Waals surface area contributed by atoms with E-state index < -0.39 is 36.7 Å². The second-order valence-corrected chi connectivity index (χ2v) is 11.0. The predicted molar refractivity (Wildman–Crippen MR) is 116 cm³/mol. The monoisotopic (exact) mass is 469 g/mol. The molecule has 0 radical (unpaired) electrons. The van der Waals surface area contributed by atoms with Crippen LogP contribution in [0.1, 0.15) is 36.5 Å². The lowest BCUT2D eigenvalue weighted by Gasteiger charge is -2.16. The first-order valence-corrected chi connectivity index (χ1v) is 12.9. The highest BCUT2D eigenvalue weighted by Crippen LogP contribution is 2.25. The third-order valence-corrected chi connectivity index (χ3v) is 8.17. The molecule has 0 aliphatic carbocycles. The van der Waals surface area contributed by atoms with E-state index in [2.05, 4.69) is 10.0 Å². The largest absolute Gasteiger partial charge is 0.322 e. The van der Waals surface area contributed by atoms with Crippen LogP contribution in [0.3, 0.4) is 0 Å². The van der Waals surface area contributed by atoms with Crippen LogP contribution in [0.15, 0.2) is 47.4 Å². The quantitative estimate of drug-likeness (QED) is 0.617. The number of nitrogens with one attached hydrogen (secondary N) is 2. The standard InChI is InChI=1S/C20H24FN3O5S2/c1-2-13-30(26,27)23-17-8-6-16(7-9-17)22-20(25)15-5-10-18(21)19(14-15)31(28,29)24-11-3-4-12-24/h5-10,14,23H,2-4,11-13H2,1H3,(H,22,25). The molecule has 1 fully saturated rings. The van der Waals surface area contributed by atoms with E-state index in [0.29, 0.717) is 43.7 Å². The number of benzene rings is 2. The Balaban J connectivity index is 1.75. The van der Waals surface area contributed by atoms with Crippen molar-refractivity contribution in [3.8, 4) is 0 Å². The van der Waals surface area contributed by atoms with Crippen LogP contribution in [0, 0.1) is 5.82 Å². The SMILES string of the molecule is CCCS(=O)(=O)Nc1ccc(NC(=O)c2ccc(F)c(S(=O)(=O)N3CCCC3)c2)cc1. The average molecular weight is 470 g/mol. The van der Waals surface area contributed by atoms with Gasteiger partial charge >= 0.3 is 0 Å². The third kappa shape index (κ3) is 5.60. The number of halogens is 1. The van der Waals surface area contributed by atoms with Crippen LogP contribution in [0.25, 0.3) is 0 Å². The molecule has 0 atom stereocenters. The molecule has 2 aromatic rings. The summed E-state index contributed by atoms with van der Waals surface area (Å²) in [5.41, 5.74) is 0.718. The summed E-state index contributed by atoms with van der Waals surface area (Å²) in [6.45, 7) is 2.41. The summed E-state index contributed by atoms with van der Waals surface area (Å²) in [5.74, 6) is -1.53. The molecule has 2 aromatic carbocycles. The molecule has 3 rings (SSSR count). The third-order valence-electron chi connectivity index (χ3n) is 4.77. The van der Waals surface area contributed by atoms with E-state index in [4.69, 9.17) is 0 Å². The molecule has 1 saturated heterocycles. The summed E-state index contributed by atoms with van der Waals surface area (Å²) in [6, 6.07) is 9.21. The Labute approximate surface area is 181 Å². The summed E-state index contributed by atoms with van der Waals surface area (Å²) in [4.78, 5) is 12.0. The van der Waals surface area contributed by atoms with E-state index in [1.807, 2.05) is 0 Å². The highest BCUT2D eigenvalue weighted by Gasteiger charge is 2.30. The van der Waals surface area contributed by atoms with Gasteiger partial charge in [0.25, 0.3) is 5.91 Å². The minimum Gasteiger partial charge on any atom is -0.322 e. The van der Waals surface area contributed by atoms with Gasteiger partial charge in [0.15, 0.2) is 0 Å². The van der Waals surface area contributed by atoms with Crippen LogP contribution >= 0.6 is 0 Å². The predicted octanol–water partition coefficient (Wildman–Crippen LogP) is 3.01. The number of carbonyl (C=O) groups excluding carboxylic acids is 1. The van der Waals surface area contributed by atoms with Crippen molar-refractivity contribution in [1.82, 2.24) is 4.31 Å². The molecule has 0 bridgehead atoms. The van der Waals surface area contributed by atoms with Gasteiger partial charge in [-0.3, -0.25) is 9.52 Å². The minimum atomic E-state index is -4.01. The van der Waals surface area contributed by atoms with Crippen molar-refractivity contribution in [1.29, 1.82) is 0 Å². The fraction of sp³-hybridized carbons (Fsp3) is 0.350. The Morgan fingerprint density at radius 2 is 1.61 bits per heavy atom. The summed E-state index contributed by atoms with van der Waals surface area (Å²) in [6.07, 6.45) is 1.91. The van der Waals surface area contributed by atoms with Gasteiger partial charge in [0.1, 0.15) is 10.7 Å². The molecule has 31 heavy (non-hydrogen) atoms. The van der Waals surface area contributed by atoms with Crippen LogP contribution in [-0.4, -0.2) is 45.9 Å². The zero-order valence-corrected chi connectivity index (χ0v) is 18.6. The van der Waals surface area contributed by atoms with Crippen molar-refractivity contribution < 1.29 is 26.0 Å². The molecular formula is C20H24FN3O5S2. The van der Waals surface area contributed by atoms with Gasteiger partial charge in [-0.05, 0) is 61.7 Å². The smallest absolute Gasteiger partial charge is 0.255 e. The Hall–Kier alpha value is -2.50. The molecule has 11 heteroatoms. The van der Waals surface area contributed by atoms with Gasteiger partial charge in [-0.1, -0.05) is 6.92 Å². The normalized spacial score (nSPS) is 15.0. The van der Waals surface area contributed by atoms with E-state index in [0.717, 1.165) is 12.1 Å². The zero-order chi connectivity index (χ0) is 22.6. The summed E-state index contributed by atoms with van der Waals surface area (Å²) in [5, 5.41) is 2.59. The molecule has 168 valence electrons. The number of sulfonamides is 2. The Morgan fingerprint density at radius 1 is 1.00 bits per heavy atom. The van der Waals surface area contributed by atoms with Gasteiger partial charge in [0.05, 0.1) is 5.75 Å². The molecule has 1 heterocycles. The van der Waals surface area contributed by atoms with Crippen molar-refractivity contribution in [3.63, 3.8) is 0 Å². The van der Waals surface area contributed by atoms with Gasteiger partial charge in [0.2, 0.25) is 20.0 Å². The molecule has 1 amide bonds. The number of nitrogens with zero attached hydrogens (tertiary/aromatic N) is 1. The molecule has 2 N–H and O–H groups in total. The van der Waals surface area contributed by atoms with Crippen molar-refractivity contribution >= 4 is 37.3 Å². The average Bonchev–Trinajstić information content (AvgIpc) is 3.25. The number of amides is 1. The fourth-order valence-corrected chi connectivity index (χ4v) is 5.98. The molecule has 1 aliphatic rings.